The summed E-state index contributed by atoms with van der Waals surface area (Å²) >= 11 is 13.9. The zero-order chi connectivity index (χ0) is 21.5. The highest BCUT2D eigenvalue weighted by Gasteiger charge is 2.22. The van der Waals surface area contributed by atoms with E-state index >= 15 is 0 Å². The van der Waals surface area contributed by atoms with Gasteiger partial charge in [-0.05, 0) is 42.8 Å². The van der Waals surface area contributed by atoms with Crippen LogP contribution in [0, 0.1) is 5.92 Å². The summed E-state index contributed by atoms with van der Waals surface area (Å²) < 4.78 is 33.3. The molecule has 1 atom stereocenters. The van der Waals surface area contributed by atoms with Gasteiger partial charge in [-0.2, -0.15) is 8.42 Å². The highest BCUT2D eigenvalue weighted by molar-refractivity contribution is 9.10. The molecular weight excluding hydrogens is 496 g/mol. The minimum Gasteiger partial charge on any atom is -0.482 e. The van der Waals surface area contributed by atoms with Crippen LogP contribution in [0.1, 0.15) is 20.3 Å². The van der Waals surface area contributed by atoms with Crippen LogP contribution in [-0.4, -0.2) is 38.0 Å². The van der Waals surface area contributed by atoms with E-state index in [2.05, 4.69) is 21.2 Å². The quantitative estimate of drug-likeness (QED) is 0.382. The molecule has 9 nitrogen and oxygen atoms in total. The van der Waals surface area contributed by atoms with Crippen molar-refractivity contribution in [2.24, 2.45) is 11.7 Å². The number of halogens is 2. The highest BCUT2D eigenvalue weighted by atomic mass is 79.9. The molecular formula is C15H20BrClN4O5S2. The van der Waals surface area contributed by atoms with Gasteiger partial charge in [0.25, 0.3) is 11.8 Å². The summed E-state index contributed by atoms with van der Waals surface area (Å²) in [5.74, 6) is -1.24. The molecule has 0 heterocycles. The Kier molecular flexibility index (Phi) is 9.57. The molecule has 1 aromatic carbocycles. The Balaban J connectivity index is 2.51. The fourth-order valence-electron chi connectivity index (χ4n) is 1.89. The van der Waals surface area contributed by atoms with E-state index in [4.69, 9.17) is 34.3 Å². The van der Waals surface area contributed by atoms with Gasteiger partial charge in [-0.3, -0.25) is 14.9 Å². The van der Waals surface area contributed by atoms with Crippen LogP contribution in [0.2, 0.25) is 5.02 Å². The third kappa shape index (κ3) is 9.15. The lowest BCUT2D eigenvalue weighted by Gasteiger charge is -2.15. The SMILES string of the molecule is CC(C)C[C@H](N)C(=O)NS(=O)(=O)NC(=S)NC(=O)COc1ccc(Br)cc1Cl. The molecule has 156 valence electrons. The molecule has 2 amide bonds. The molecule has 0 radical (unpaired) electrons. The van der Waals surface area contributed by atoms with E-state index in [1.807, 2.05) is 18.6 Å². The Morgan fingerprint density at radius 1 is 1.32 bits per heavy atom. The molecule has 0 aliphatic rings. The van der Waals surface area contributed by atoms with Gasteiger partial charge in [0.05, 0.1) is 11.1 Å². The molecule has 0 aliphatic carbocycles. The second-order valence-corrected chi connectivity index (χ2v) is 9.19. The Labute approximate surface area is 182 Å². The molecule has 0 unspecified atom stereocenters. The van der Waals surface area contributed by atoms with Crippen molar-refractivity contribution in [1.29, 1.82) is 0 Å². The summed E-state index contributed by atoms with van der Waals surface area (Å²) in [6.45, 7) is 3.22. The maximum absolute atomic E-state index is 11.9. The van der Waals surface area contributed by atoms with E-state index in [0.717, 1.165) is 4.47 Å². The first-order chi connectivity index (χ1) is 12.9. The minimum atomic E-state index is -4.34. The maximum Gasteiger partial charge on any atom is 0.325 e. The van der Waals surface area contributed by atoms with Gasteiger partial charge < -0.3 is 10.5 Å². The molecule has 28 heavy (non-hydrogen) atoms. The number of amides is 2. The Hall–Kier alpha value is -1.47. The smallest absolute Gasteiger partial charge is 0.325 e. The summed E-state index contributed by atoms with van der Waals surface area (Å²) in [6, 6.07) is 3.81. The average molecular weight is 516 g/mol. The number of thiocarbonyl (C=S) groups is 1. The standard InChI is InChI=1S/C15H20BrClN4O5S2/c1-8(2)5-11(18)14(23)20-28(24,25)21-15(27)19-13(22)7-26-12-4-3-9(16)6-10(12)17/h3-4,6,8,11H,5,7,18H2,1-2H3,(H,20,23)(H2,19,21,22,27)/t11-/m0/s1. The number of carbonyl (C=O) groups is 2. The molecule has 1 aromatic rings. The van der Waals surface area contributed by atoms with E-state index in [1.165, 1.54) is 0 Å². The van der Waals surface area contributed by atoms with Gasteiger partial charge in [0.1, 0.15) is 5.75 Å². The van der Waals surface area contributed by atoms with Crippen LogP contribution in [0.5, 0.6) is 5.75 Å². The molecule has 1 rings (SSSR count). The number of hydrogen-bond donors (Lipinski definition) is 4. The van der Waals surface area contributed by atoms with E-state index in [9.17, 15) is 18.0 Å². The first kappa shape index (κ1) is 24.6. The van der Waals surface area contributed by atoms with Crippen LogP contribution in [0.15, 0.2) is 22.7 Å². The van der Waals surface area contributed by atoms with E-state index in [0.29, 0.717) is 6.42 Å². The summed E-state index contributed by atoms with van der Waals surface area (Å²) in [4.78, 5) is 23.6. The van der Waals surface area contributed by atoms with Crippen molar-refractivity contribution in [2.75, 3.05) is 6.61 Å². The van der Waals surface area contributed by atoms with Crippen molar-refractivity contribution in [2.45, 2.75) is 26.3 Å². The summed E-state index contributed by atoms with van der Waals surface area (Å²) in [5, 5.41) is 1.86. The number of benzene rings is 1. The number of nitrogens with two attached hydrogens (primary N) is 1. The molecule has 13 heteroatoms. The molecule has 0 spiro atoms. The average Bonchev–Trinajstić information content (AvgIpc) is 2.51. The molecule has 0 aromatic heterocycles. The summed E-state index contributed by atoms with van der Waals surface area (Å²) in [6.07, 6.45) is 0.304. The van der Waals surface area contributed by atoms with Gasteiger partial charge in [0, 0.05) is 4.47 Å². The number of hydrogen-bond acceptors (Lipinski definition) is 7. The number of ether oxygens (including phenoxy) is 1. The third-order valence-electron chi connectivity index (χ3n) is 3.03. The second kappa shape index (κ2) is 10.9. The minimum absolute atomic E-state index is 0.107. The summed E-state index contributed by atoms with van der Waals surface area (Å²) in [5.41, 5.74) is 5.62. The lowest BCUT2D eigenvalue weighted by atomic mass is 10.0. The van der Waals surface area contributed by atoms with Gasteiger partial charge in [-0.15, -0.1) is 0 Å². The fraction of sp³-hybridized carbons (Fsp3) is 0.400. The van der Waals surface area contributed by atoms with Crippen molar-refractivity contribution >= 4 is 66.9 Å². The second-order valence-electron chi connectivity index (χ2n) is 6.05. The summed E-state index contributed by atoms with van der Waals surface area (Å²) in [7, 11) is -4.34. The molecule has 0 bridgehead atoms. The monoisotopic (exact) mass is 514 g/mol. The molecule has 0 saturated carbocycles. The lowest BCUT2D eigenvalue weighted by molar-refractivity contribution is -0.122. The number of rotatable bonds is 8. The third-order valence-corrected chi connectivity index (χ3v) is 5.09. The van der Waals surface area contributed by atoms with Gasteiger partial charge in [-0.1, -0.05) is 41.4 Å². The van der Waals surface area contributed by atoms with E-state index in [-0.39, 0.29) is 16.7 Å². The maximum atomic E-state index is 11.9. The van der Waals surface area contributed by atoms with Gasteiger partial charge in [0.15, 0.2) is 11.7 Å². The molecule has 0 saturated heterocycles. The van der Waals surface area contributed by atoms with Crippen molar-refractivity contribution in [1.82, 2.24) is 14.8 Å². The number of nitrogens with one attached hydrogen (secondary N) is 3. The van der Waals surface area contributed by atoms with Crippen LogP contribution in [0.4, 0.5) is 0 Å². The number of carbonyl (C=O) groups excluding carboxylic acids is 2. The van der Waals surface area contributed by atoms with Crippen LogP contribution in [0.25, 0.3) is 0 Å². The molecule has 5 N–H and O–H groups in total. The first-order valence-electron chi connectivity index (χ1n) is 7.91. The van der Waals surface area contributed by atoms with Crippen molar-refractivity contribution in [3.05, 3.63) is 27.7 Å². The van der Waals surface area contributed by atoms with Gasteiger partial charge >= 0.3 is 10.2 Å². The van der Waals surface area contributed by atoms with Crippen molar-refractivity contribution in [3.63, 3.8) is 0 Å². The highest BCUT2D eigenvalue weighted by Crippen LogP contribution is 2.27. The van der Waals surface area contributed by atoms with Gasteiger partial charge in [-0.25, -0.2) is 9.44 Å². The van der Waals surface area contributed by atoms with Crippen molar-refractivity contribution in [3.8, 4) is 5.75 Å². The molecule has 0 fully saturated rings. The normalized spacial score (nSPS) is 12.2. The lowest BCUT2D eigenvalue weighted by Crippen LogP contribution is -2.52. The Morgan fingerprint density at radius 2 is 1.96 bits per heavy atom. The van der Waals surface area contributed by atoms with Crippen molar-refractivity contribution < 1.29 is 22.7 Å². The van der Waals surface area contributed by atoms with Crippen LogP contribution >= 0.6 is 39.7 Å². The van der Waals surface area contributed by atoms with Gasteiger partial charge in [0.2, 0.25) is 0 Å². The van der Waals surface area contributed by atoms with E-state index < -0.39 is 39.8 Å². The topological polar surface area (TPSA) is 140 Å². The predicted octanol–water partition coefficient (Wildman–Crippen LogP) is 1.21. The van der Waals surface area contributed by atoms with Crippen LogP contribution in [-0.2, 0) is 19.8 Å². The van der Waals surface area contributed by atoms with E-state index in [1.54, 1.807) is 22.9 Å². The Bertz CT molecular complexity index is 851. The Morgan fingerprint density at radius 3 is 2.54 bits per heavy atom. The first-order valence-corrected chi connectivity index (χ1v) is 11.0. The molecule has 0 aliphatic heterocycles. The van der Waals surface area contributed by atoms with Crippen LogP contribution in [0.3, 0.4) is 0 Å². The van der Waals surface area contributed by atoms with Crippen LogP contribution < -0.4 is 25.2 Å². The largest absolute Gasteiger partial charge is 0.482 e. The zero-order valence-electron chi connectivity index (χ0n) is 15.0. The zero-order valence-corrected chi connectivity index (χ0v) is 19.0. The fourth-order valence-corrected chi connectivity index (χ4v) is 3.83. The predicted molar refractivity (Wildman–Crippen MR) is 113 cm³/mol.